The lowest BCUT2D eigenvalue weighted by atomic mass is 10.1. The zero-order chi connectivity index (χ0) is 15.0. The normalized spacial score (nSPS) is 14.6. The molecule has 0 atom stereocenters. The van der Waals surface area contributed by atoms with Crippen LogP contribution < -0.4 is 0 Å². The Labute approximate surface area is 119 Å². The van der Waals surface area contributed by atoms with Gasteiger partial charge in [0.2, 0.25) is 0 Å². The van der Waals surface area contributed by atoms with Crippen LogP contribution in [0.15, 0.2) is 12.1 Å². The van der Waals surface area contributed by atoms with Crippen LogP contribution in [0.1, 0.15) is 35.4 Å². The fourth-order valence-electron chi connectivity index (χ4n) is 2.59. The number of benzene rings is 1. The van der Waals surface area contributed by atoms with Crippen molar-refractivity contribution in [2.24, 2.45) is 0 Å². The van der Waals surface area contributed by atoms with Crippen LogP contribution in [0.5, 0.6) is 0 Å². The van der Waals surface area contributed by atoms with Crippen LogP contribution in [-0.4, -0.2) is 25.8 Å². The van der Waals surface area contributed by atoms with Gasteiger partial charge in [-0.25, -0.2) is 13.6 Å². The van der Waals surface area contributed by atoms with E-state index in [1.54, 1.807) is 4.57 Å². The summed E-state index contributed by atoms with van der Waals surface area (Å²) in [4.78, 5) is 11.3. The van der Waals surface area contributed by atoms with E-state index in [0.717, 1.165) is 37.6 Å². The lowest BCUT2D eigenvalue weighted by molar-refractivity contribution is 0.0697. The van der Waals surface area contributed by atoms with Gasteiger partial charge < -0.3 is 9.67 Å². The maximum Gasteiger partial charge on any atom is 0.336 e. The lowest BCUT2D eigenvalue weighted by Crippen LogP contribution is -2.08. The number of fused-ring (bicyclic) bond motifs is 1. The highest BCUT2D eigenvalue weighted by molar-refractivity contribution is 5.95. The molecule has 7 heteroatoms. The van der Waals surface area contributed by atoms with Crippen LogP contribution in [0.25, 0.3) is 11.4 Å². The SMILES string of the molecule is O=C(O)c1cc(F)c(F)cc1-c1nnc2n1CCCCC2. The van der Waals surface area contributed by atoms with E-state index in [2.05, 4.69) is 10.2 Å². The molecule has 2 heterocycles. The third-order valence-electron chi connectivity index (χ3n) is 3.64. The van der Waals surface area contributed by atoms with Crippen molar-refractivity contribution in [1.29, 1.82) is 0 Å². The monoisotopic (exact) mass is 293 g/mol. The number of nitrogens with zero attached hydrogens (tertiary/aromatic N) is 3. The maximum absolute atomic E-state index is 13.5. The predicted molar refractivity (Wildman–Crippen MR) is 69.9 cm³/mol. The smallest absolute Gasteiger partial charge is 0.336 e. The van der Waals surface area contributed by atoms with Gasteiger partial charge >= 0.3 is 5.97 Å². The fourth-order valence-corrected chi connectivity index (χ4v) is 2.59. The summed E-state index contributed by atoms with van der Waals surface area (Å²) in [5, 5.41) is 17.2. The number of hydrogen-bond acceptors (Lipinski definition) is 3. The van der Waals surface area contributed by atoms with E-state index in [0.29, 0.717) is 12.6 Å². The number of carbonyl (C=O) groups is 1. The summed E-state index contributed by atoms with van der Waals surface area (Å²) in [5.74, 6) is -2.57. The van der Waals surface area contributed by atoms with Crippen LogP contribution in [0.2, 0.25) is 0 Å². The van der Waals surface area contributed by atoms with Crippen molar-refractivity contribution >= 4 is 5.97 Å². The van der Waals surface area contributed by atoms with Gasteiger partial charge in [-0.1, -0.05) is 6.42 Å². The highest BCUT2D eigenvalue weighted by atomic mass is 19.2. The molecule has 5 nitrogen and oxygen atoms in total. The third kappa shape index (κ3) is 2.39. The Hall–Kier alpha value is -2.31. The summed E-state index contributed by atoms with van der Waals surface area (Å²) in [6.45, 7) is 0.649. The fraction of sp³-hybridized carbons (Fsp3) is 0.357. The number of hydrogen-bond donors (Lipinski definition) is 1. The van der Waals surface area contributed by atoms with E-state index in [9.17, 15) is 18.7 Å². The first-order valence-corrected chi connectivity index (χ1v) is 6.72. The van der Waals surface area contributed by atoms with Gasteiger partial charge in [-0.15, -0.1) is 10.2 Å². The minimum Gasteiger partial charge on any atom is -0.478 e. The first-order chi connectivity index (χ1) is 10.1. The van der Waals surface area contributed by atoms with Crippen LogP contribution in [-0.2, 0) is 13.0 Å². The van der Waals surface area contributed by atoms with Crippen LogP contribution in [0.4, 0.5) is 8.78 Å². The largest absolute Gasteiger partial charge is 0.478 e. The van der Waals surface area contributed by atoms with E-state index >= 15 is 0 Å². The molecule has 1 aliphatic rings. The second-order valence-corrected chi connectivity index (χ2v) is 5.02. The Morgan fingerprint density at radius 1 is 1.14 bits per heavy atom. The number of aromatic nitrogens is 3. The summed E-state index contributed by atoms with van der Waals surface area (Å²) in [5.41, 5.74) is -0.254. The lowest BCUT2D eigenvalue weighted by Gasteiger charge is -2.10. The van der Waals surface area contributed by atoms with Gasteiger partial charge in [-0.2, -0.15) is 0 Å². The van der Waals surface area contributed by atoms with Gasteiger partial charge in [-0.05, 0) is 25.0 Å². The molecule has 0 saturated carbocycles. The quantitative estimate of drug-likeness (QED) is 0.924. The molecule has 0 spiro atoms. The van der Waals surface area contributed by atoms with Gasteiger partial charge in [-0.3, -0.25) is 0 Å². The zero-order valence-electron chi connectivity index (χ0n) is 11.1. The second kappa shape index (κ2) is 5.23. The maximum atomic E-state index is 13.5. The molecule has 0 fully saturated rings. The molecule has 3 rings (SSSR count). The molecular formula is C14H13F2N3O2. The summed E-state index contributed by atoms with van der Waals surface area (Å²) in [7, 11) is 0. The first-order valence-electron chi connectivity index (χ1n) is 6.72. The van der Waals surface area contributed by atoms with Crippen molar-refractivity contribution in [2.45, 2.75) is 32.2 Å². The number of carboxylic acids is 1. The number of aryl methyl sites for hydroxylation is 1. The van der Waals surface area contributed by atoms with Crippen molar-refractivity contribution < 1.29 is 18.7 Å². The number of aromatic carboxylic acids is 1. The molecule has 110 valence electrons. The number of carboxylic acid groups (broad SMARTS) is 1. The van der Waals surface area contributed by atoms with Crippen LogP contribution in [0.3, 0.4) is 0 Å². The third-order valence-corrected chi connectivity index (χ3v) is 3.64. The van der Waals surface area contributed by atoms with Crippen LogP contribution >= 0.6 is 0 Å². The highest BCUT2D eigenvalue weighted by Gasteiger charge is 2.23. The molecule has 0 amide bonds. The second-order valence-electron chi connectivity index (χ2n) is 5.02. The van der Waals surface area contributed by atoms with Crippen LogP contribution in [0, 0.1) is 11.6 Å². The Bertz CT molecular complexity index is 712. The Balaban J connectivity index is 2.19. The molecule has 1 aliphatic heterocycles. The van der Waals surface area contributed by atoms with Crippen molar-refractivity contribution in [3.63, 3.8) is 0 Å². The minimum atomic E-state index is -1.32. The van der Waals surface area contributed by atoms with Crippen molar-refractivity contribution in [1.82, 2.24) is 14.8 Å². The molecule has 0 saturated heterocycles. The molecule has 1 N–H and O–H groups in total. The predicted octanol–water partition coefficient (Wildman–Crippen LogP) is 2.65. The molecule has 0 unspecified atom stereocenters. The van der Waals surface area contributed by atoms with E-state index < -0.39 is 17.6 Å². The Morgan fingerprint density at radius 2 is 1.90 bits per heavy atom. The van der Waals surface area contributed by atoms with E-state index in [-0.39, 0.29) is 17.0 Å². The van der Waals surface area contributed by atoms with Gasteiger partial charge in [0, 0.05) is 18.5 Å². The molecule has 1 aromatic heterocycles. The van der Waals surface area contributed by atoms with E-state index in [1.807, 2.05) is 0 Å². The van der Waals surface area contributed by atoms with E-state index in [1.165, 1.54) is 0 Å². The summed E-state index contributed by atoms with van der Waals surface area (Å²) >= 11 is 0. The minimum absolute atomic E-state index is 0.0575. The summed E-state index contributed by atoms with van der Waals surface area (Å²) < 4.78 is 28.6. The first kappa shape index (κ1) is 13.7. The summed E-state index contributed by atoms with van der Waals surface area (Å²) in [6, 6.07) is 1.56. The molecule has 1 aromatic carbocycles. The Kier molecular flexibility index (Phi) is 3.40. The average molecular weight is 293 g/mol. The molecule has 2 aromatic rings. The summed E-state index contributed by atoms with van der Waals surface area (Å²) in [6.07, 6.45) is 3.71. The number of halogens is 2. The number of rotatable bonds is 2. The Morgan fingerprint density at radius 3 is 2.67 bits per heavy atom. The van der Waals surface area contributed by atoms with Crippen molar-refractivity contribution in [3.8, 4) is 11.4 Å². The molecule has 21 heavy (non-hydrogen) atoms. The van der Waals surface area contributed by atoms with Gasteiger partial charge in [0.15, 0.2) is 17.5 Å². The van der Waals surface area contributed by atoms with Gasteiger partial charge in [0.1, 0.15) is 5.82 Å². The van der Waals surface area contributed by atoms with Gasteiger partial charge in [0.25, 0.3) is 0 Å². The van der Waals surface area contributed by atoms with Gasteiger partial charge in [0.05, 0.1) is 5.56 Å². The average Bonchev–Trinajstić information content (AvgIpc) is 2.70. The molecule has 0 aliphatic carbocycles. The highest BCUT2D eigenvalue weighted by Crippen LogP contribution is 2.27. The molecule has 0 radical (unpaired) electrons. The molecule has 0 bridgehead atoms. The zero-order valence-corrected chi connectivity index (χ0v) is 11.1. The standard InChI is InChI=1S/C14H13F2N3O2/c15-10-6-8(9(14(20)21)7-11(10)16)13-18-17-12-4-2-1-3-5-19(12)13/h6-7H,1-5H2,(H,20,21). The van der Waals surface area contributed by atoms with Crippen molar-refractivity contribution in [2.75, 3.05) is 0 Å². The van der Waals surface area contributed by atoms with E-state index in [4.69, 9.17) is 0 Å². The molecular weight excluding hydrogens is 280 g/mol. The van der Waals surface area contributed by atoms with Crippen molar-refractivity contribution in [3.05, 3.63) is 35.2 Å². The topological polar surface area (TPSA) is 68.0 Å².